The van der Waals surface area contributed by atoms with Gasteiger partial charge in [-0.25, -0.2) is 8.42 Å². The Kier molecular flexibility index (Phi) is 10.9. The molecule has 0 spiro atoms. The minimum Gasteiger partial charge on any atom is -0.352 e. The number of carbonyl (C=O) groups is 2. The summed E-state index contributed by atoms with van der Waals surface area (Å²) in [6.07, 6.45) is 6.78. The largest absolute Gasteiger partial charge is 0.352 e. The molecule has 1 aliphatic rings. The van der Waals surface area contributed by atoms with Gasteiger partial charge >= 0.3 is 0 Å². The molecule has 1 N–H and O–H groups in total. The Labute approximate surface area is 236 Å². The van der Waals surface area contributed by atoms with Gasteiger partial charge in [0.15, 0.2) is 0 Å². The van der Waals surface area contributed by atoms with E-state index in [0.29, 0.717) is 22.2 Å². The normalized spacial score (nSPS) is 15.1. The summed E-state index contributed by atoms with van der Waals surface area (Å²) in [5.41, 5.74) is 2.26. The van der Waals surface area contributed by atoms with Gasteiger partial charge in [0, 0.05) is 25.6 Å². The van der Waals surface area contributed by atoms with Crippen LogP contribution in [0.5, 0.6) is 0 Å². The summed E-state index contributed by atoms with van der Waals surface area (Å²) >= 11 is 12.3. The van der Waals surface area contributed by atoms with Crippen LogP contribution >= 0.6 is 23.2 Å². The van der Waals surface area contributed by atoms with E-state index >= 15 is 0 Å². The number of hydrogen-bond acceptors (Lipinski definition) is 4. The van der Waals surface area contributed by atoms with E-state index in [2.05, 4.69) is 5.32 Å². The second-order valence-electron chi connectivity index (χ2n) is 10.1. The number of sulfonamides is 1. The monoisotopic (exact) mass is 581 g/mol. The Bertz CT molecular complexity index is 1230. The molecular weight excluding hydrogens is 545 g/mol. The van der Waals surface area contributed by atoms with E-state index in [-0.39, 0.29) is 37.4 Å². The number of amides is 2. The Morgan fingerprint density at radius 3 is 2.39 bits per heavy atom. The van der Waals surface area contributed by atoms with E-state index in [0.717, 1.165) is 43.1 Å². The van der Waals surface area contributed by atoms with Gasteiger partial charge in [0.2, 0.25) is 21.8 Å². The number of benzene rings is 2. The summed E-state index contributed by atoms with van der Waals surface area (Å²) in [4.78, 5) is 28.2. The summed E-state index contributed by atoms with van der Waals surface area (Å²) in [6.45, 7) is 3.96. The second-order valence-corrected chi connectivity index (χ2v) is 12.8. The molecule has 10 heteroatoms. The van der Waals surface area contributed by atoms with Crippen LogP contribution in [-0.4, -0.2) is 50.0 Å². The highest BCUT2D eigenvalue weighted by atomic mass is 35.5. The molecule has 0 aliphatic heterocycles. The van der Waals surface area contributed by atoms with Gasteiger partial charge in [-0.15, -0.1) is 0 Å². The van der Waals surface area contributed by atoms with E-state index in [1.54, 1.807) is 43.3 Å². The molecule has 0 aromatic heterocycles. The summed E-state index contributed by atoms with van der Waals surface area (Å²) in [5.74, 6) is -0.428. The molecule has 208 valence electrons. The highest BCUT2D eigenvalue weighted by molar-refractivity contribution is 7.92. The molecular formula is C28H37Cl2N3O4S. The van der Waals surface area contributed by atoms with Crippen LogP contribution in [0.15, 0.2) is 42.5 Å². The van der Waals surface area contributed by atoms with Gasteiger partial charge in [-0.1, -0.05) is 60.7 Å². The van der Waals surface area contributed by atoms with Crippen LogP contribution in [0.2, 0.25) is 10.0 Å². The van der Waals surface area contributed by atoms with Gasteiger partial charge in [-0.3, -0.25) is 13.9 Å². The molecule has 0 saturated heterocycles. The van der Waals surface area contributed by atoms with Gasteiger partial charge in [0.25, 0.3) is 0 Å². The van der Waals surface area contributed by atoms with Crippen LogP contribution in [0.3, 0.4) is 0 Å². The molecule has 1 fully saturated rings. The fraction of sp³-hybridized carbons (Fsp3) is 0.500. The number of hydrogen-bond donors (Lipinski definition) is 1. The lowest BCUT2D eigenvalue weighted by Crippen LogP contribution is -2.50. The number of carbonyl (C=O) groups excluding carboxylic acids is 2. The molecule has 7 nitrogen and oxygen atoms in total. The van der Waals surface area contributed by atoms with Gasteiger partial charge in [-0.2, -0.15) is 0 Å². The Balaban J connectivity index is 1.74. The third-order valence-electron chi connectivity index (χ3n) is 6.90. The minimum atomic E-state index is -3.54. The Morgan fingerprint density at radius 1 is 1.05 bits per heavy atom. The maximum absolute atomic E-state index is 13.5. The van der Waals surface area contributed by atoms with Gasteiger partial charge in [0.05, 0.1) is 22.0 Å². The number of anilines is 1. The average Bonchev–Trinajstić information content (AvgIpc) is 2.86. The molecule has 38 heavy (non-hydrogen) atoms. The van der Waals surface area contributed by atoms with E-state index < -0.39 is 16.1 Å². The maximum Gasteiger partial charge on any atom is 0.242 e. The number of rotatable bonds is 11. The van der Waals surface area contributed by atoms with E-state index in [9.17, 15) is 18.0 Å². The van der Waals surface area contributed by atoms with E-state index in [1.165, 1.54) is 15.6 Å². The van der Waals surface area contributed by atoms with Gasteiger partial charge < -0.3 is 10.2 Å². The van der Waals surface area contributed by atoms with E-state index in [1.807, 2.05) is 13.0 Å². The van der Waals surface area contributed by atoms with Crippen molar-refractivity contribution < 1.29 is 18.0 Å². The second kappa shape index (κ2) is 13.7. The number of aryl methyl sites for hydroxylation is 1. The molecule has 3 rings (SSSR count). The summed E-state index contributed by atoms with van der Waals surface area (Å²) in [6, 6.07) is 11.8. The standard InChI is InChI=1S/C28H37Cl2N3O4S/c1-20-9-7-12-24(17-20)33(38(3,36)37)16-8-13-27(34)32(19-22-14-15-25(29)26(30)18-22)21(2)28(35)31-23-10-5-4-6-11-23/h7,9,12,14-15,17-18,21,23H,4-6,8,10-11,13,16,19H2,1-3H3,(H,31,35). The van der Waals surface area contributed by atoms with Crippen molar-refractivity contribution in [2.45, 2.75) is 77.4 Å². The first-order valence-electron chi connectivity index (χ1n) is 13.0. The van der Waals surface area contributed by atoms with Crippen LogP contribution in [0.1, 0.15) is 63.0 Å². The van der Waals surface area contributed by atoms with Crippen molar-refractivity contribution in [1.29, 1.82) is 0 Å². The fourth-order valence-corrected chi connectivity index (χ4v) is 6.05. The first-order valence-corrected chi connectivity index (χ1v) is 15.6. The maximum atomic E-state index is 13.5. The zero-order valence-electron chi connectivity index (χ0n) is 22.3. The quantitative estimate of drug-likeness (QED) is 0.368. The molecule has 2 amide bonds. The lowest BCUT2D eigenvalue weighted by Gasteiger charge is -2.31. The van der Waals surface area contributed by atoms with E-state index in [4.69, 9.17) is 23.2 Å². The van der Waals surface area contributed by atoms with Crippen molar-refractivity contribution >= 4 is 50.7 Å². The number of nitrogens with zero attached hydrogens (tertiary/aromatic N) is 2. The lowest BCUT2D eigenvalue weighted by atomic mass is 9.95. The zero-order valence-corrected chi connectivity index (χ0v) is 24.6. The smallest absolute Gasteiger partial charge is 0.242 e. The van der Waals surface area contributed by atoms with Crippen LogP contribution in [0, 0.1) is 6.92 Å². The van der Waals surface area contributed by atoms with Crippen molar-refractivity contribution in [3.63, 3.8) is 0 Å². The fourth-order valence-electron chi connectivity index (χ4n) is 4.77. The predicted octanol–water partition coefficient (Wildman–Crippen LogP) is 5.71. The molecule has 0 radical (unpaired) electrons. The third kappa shape index (κ3) is 8.61. The van der Waals surface area contributed by atoms with Gasteiger partial charge in [-0.05, 0) is 68.5 Å². The first-order chi connectivity index (χ1) is 18.0. The Morgan fingerprint density at radius 2 is 1.76 bits per heavy atom. The molecule has 1 saturated carbocycles. The number of nitrogens with one attached hydrogen (secondary N) is 1. The average molecular weight is 583 g/mol. The lowest BCUT2D eigenvalue weighted by molar-refractivity contribution is -0.141. The zero-order chi connectivity index (χ0) is 27.9. The molecule has 1 aliphatic carbocycles. The number of halogens is 2. The van der Waals surface area contributed by atoms with Crippen molar-refractivity contribution in [3.05, 3.63) is 63.6 Å². The summed E-state index contributed by atoms with van der Waals surface area (Å²) in [7, 11) is -3.54. The van der Waals surface area contributed by atoms with Crippen molar-refractivity contribution in [3.8, 4) is 0 Å². The topological polar surface area (TPSA) is 86.8 Å². The highest BCUT2D eigenvalue weighted by Gasteiger charge is 2.28. The summed E-state index contributed by atoms with van der Waals surface area (Å²) < 4.78 is 26.3. The van der Waals surface area contributed by atoms with Crippen LogP contribution < -0.4 is 9.62 Å². The Hall–Kier alpha value is -2.29. The summed E-state index contributed by atoms with van der Waals surface area (Å²) in [5, 5.41) is 3.90. The molecule has 1 atom stereocenters. The van der Waals surface area contributed by atoms with Crippen molar-refractivity contribution in [2.75, 3.05) is 17.1 Å². The minimum absolute atomic E-state index is 0.0835. The first kappa shape index (κ1) is 30.3. The predicted molar refractivity (Wildman–Crippen MR) is 154 cm³/mol. The molecule has 2 aromatic rings. The van der Waals surface area contributed by atoms with Crippen molar-refractivity contribution in [1.82, 2.24) is 10.2 Å². The van der Waals surface area contributed by atoms with Crippen LogP contribution in [0.4, 0.5) is 5.69 Å². The van der Waals surface area contributed by atoms with Crippen molar-refractivity contribution in [2.24, 2.45) is 0 Å². The molecule has 2 aromatic carbocycles. The molecule has 0 heterocycles. The van der Waals surface area contributed by atoms with Gasteiger partial charge in [0.1, 0.15) is 6.04 Å². The van der Waals surface area contributed by atoms with Crippen LogP contribution in [0.25, 0.3) is 0 Å². The third-order valence-corrected chi connectivity index (χ3v) is 8.83. The van der Waals surface area contributed by atoms with Crippen LogP contribution in [-0.2, 0) is 26.2 Å². The SMILES string of the molecule is Cc1cccc(N(CCCC(=O)N(Cc2ccc(Cl)c(Cl)c2)C(C)C(=O)NC2CCCCC2)S(C)(=O)=O)c1. The molecule has 1 unspecified atom stereocenters. The molecule has 0 bridgehead atoms. The highest BCUT2D eigenvalue weighted by Crippen LogP contribution is 2.25.